The fraction of sp³-hybridized carbons (Fsp3) is 0.0769. The molecule has 0 atom stereocenters. The first-order valence-electron chi connectivity index (χ1n) is 6.04. The summed E-state index contributed by atoms with van der Waals surface area (Å²) in [5.74, 6) is -0.271. The van der Waals surface area contributed by atoms with Crippen molar-refractivity contribution in [1.82, 2.24) is 4.98 Å². The molecular formula is C13H11N3O5S. The van der Waals surface area contributed by atoms with Crippen LogP contribution in [0.5, 0.6) is 0 Å². The van der Waals surface area contributed by atoms with E-state index in [4.69, 9.17) is 0 Å². The number of benzene rings is 1. The second kappa shape index (κ2) is 5.90. The zero-order chi connectivity index (χ0) is 16.3. The highest BCUT2D eigenvalue weighted by atomic mass is 32.2. The van der Waals surface area contributed by atoms with Crippen molar-refractivity contribution < 1.29 is 18.1 Å². The molecule has 1 aromatic heterocycles. The van der Waals surface area contributed by atoms with Crippen LogP contribution in [0.15, 0.2) is 52.5 Å². The lowest BCUT2D eigenvalue weighted by atomic mass is 10.3. The Balaban J connectivity index is 2.33. The Hall–Kier alpha value is -2.81. The first-order valence-corrected chi connectivity index (χ1v) is 7.52. The van der Waals surface area contributed by atoms with E-state index in [0.717, 1.165) is 18.3 Å². The summed E-state index contributed by atoms with van der Waals surface area (Å²) in [5, 5.41) is 12.8. The van der Waals surface area contributed by atoms with Crippen LogP contribution >= 0.6 is 0 Å². The summed E-state index contributed by atoms with van der Waals surface area (Å²) in [6, 6.07) is 7.69. The molecule has 114 valence electrons. The number of hydrogen-bond donors (Lipinski definition) is 1. The molecule has 0 saturated carbocycles. The Morgan fingerprint density at radius 1 is 1.18 bits per heavy atom. The maximum absolute atomic E-state index is 12.3. The van der Waals surface area contributed by atoms with Crippen molar-refractivity contribution in [2.24, 2.45) is 0 Å². The van der Waals surface area contributed by atoms with Gasteiger partial charge in [0.05, 0.1) is 9.82 Å². The van der Waals surface area contributed by atoms with E-state index < -0.39 is 14.8 Å². The summed E-state index contributed by atoms with van der Waals surface area (Å²) in [4.78, 5) is 24.4. The lowest BCUT2D eigenvalue weighted by molar-refractivity contribution is -0.385. The molecule has 0 bridgehead atoms. The van der Waals surface area contributed by atoms with Gasteiger partial charge < -0.3 is 5.32 Å². The molecule has 9 heteroatoms. The van der Waals surface area contributed by atoms with Gasteiger partial charge in [0, 0.05) is 18.7 Å². The minimum absolute atomic E-state index is 0.0250. The van der Waals surface area contributed by atoms with Gasteiger partial charge in [0.25, 0.3) is 5.69 Å². The van der Waals surface area contributed by atoms with Crippen LogP contribution in [0.1, 0.15) is 6.92 Å². The van der Waals surface area contributed by atoms with Gasteiger partial charge in [-0.3, -0.25) is 14.9 Å². The number of aromatic nitrogens is 1. The molecule has 0 aliphatic heterocycles. The van der Waals surface area contributed by atoms with Crippen LogP contribution in [0.2, 0.25) is 0 Å². The normalized spacial score (nSPS) is 11.0. The third-order valence-corrected chi connectivity index (χ3v) is 4.38. The number of rotatable bonds is 4. The highest BCUT2D eigenvalue weighted by Gasteiger charge is 2.20. The summed E-state index contributed by atoms with van der Waals surface area (Å²) in [6.07, 6.45) is 0.887. The van der Waals surface area contributed by atoms with Crippen LogP contribution in [0.25, 0.3) is 0 Å². The van der Waals surface area contributed by atoms with Crippen molar-refractivity contribution in [1.29, 1.82) is 0 Å². The molecule has 2 aromatic rings. The number of carbonyl (C=O) groups is 1. The SMILES string of the molecule is CC(=O)Nc1ccc(S(=O)(=O)c2ccc([N+](=O)[O-])cn2)cc1. The average molecular weight is 321 g/mol. The van der Waals surface area contributed by atoms with E-state index in [-0.39, 0.29) is 21.5 Å². The van der Waals surface area contributed by atoms with Gasteiger partial charge in [0.2, 0.25) is 15.7 Å². The number of nitrogens with one attached hydrogen (secondary N) is 1. The summed E-state index contributed by atoms with van der Waals surface area (Å²) >= 11 is 0. The Bertz CT molecular complexity index is 814. The van der Waals surface area contributed by atoms with Crippen molar-refractivity contribution >= 4 is 27.1 Å². The van der Waals surface area contributed by atoms with Crippen LogP contribution in [0.4, 0.5) is 11.4 Å². The van der Waals surface area contributed by atoms with Gasteiger partial charge in [-0.15, -0.1) is 0 Å². The lowest BCUT2D eigenvalue weighted by Gasteiger charge is -2.05. The van der Waals surface area contributed by atoms with Crippen molar-refractivity contribution in [3.8, 4) is 0 Å². The van der Waals surface area contributed by atoms with Crippen LogP contribution in [0, 0.1) is 10.1 Å². The van der Waals surface area contributed by atoms with Crippen LogP contribution in [-0.4, -0.2) is 24.2 Å². The highest BCUT2D eigenvalue weighted by Crippen LogP contribution is 2.22. The monoisotopic (exact) mass is 321 g/mol. The number of sulfone groups is 1. The number of amides is 1. The molecule has 0 unspecified atom stereocenters. The van der Waals surface area contributed by atoms with E-state index >= 15 is 0 Å². The van der Waals surface area contributed by atoms with Crippen molar-refractivity contribution in [3.63, 3.8) is 0 Å². The molecule has 1 heterocycles. The average Bonchev–Trinajstić information content (AvgIpc) is 2.47. The molecule has 1 N–H and O–H groups in total. The largest absolute Gasteiger partial charge is 0.326 e. The molecule has 8 nitrogen and oxygen atoms in total. The van der Waals surface area contributed by atoms with Gasteiger partial charge >= 0.3 is 0 Å². The maximum atomic E-state index is 12.3. The predicted molar refractivity (Wildman–Crippen MR) is 77.1 cm³/mol. The Morgan fingerprint density at radius 3 is 2.27 bits per heavy atom. The van der Waals surface area contributed by atoms with Crippen LogP contribution in [0.3, 0.4) is 0 Å². The Kier molecular flexibility index (Phi) is 4.18. The fourth-order valence-corrected chi connectivity index (χ4v) is 2.86. The first-order chi connectivity index (χ1) is 10.3. The predicted octanol–water partition coefficient (Wildman–Crippen LogP) is 1.78. The molecular weight excluding hydrogens is 310 g/mol. The van der Waals surface area contributed by atoms with E-state index in [0.29, 0.717) is 5.69 Å². The van der Waals surface area contributed by atoms with Gasteiger partial charge in [-0.1, -0.05) is 0 Å². The molecule has 1 amide bonds. The van der Waals surface area contributed by atoms with Crippen molar-refractivity contribution in [3.05, 3.63) is 52.7 Å². The molecule has 22 heavy (non-hydrogen) atoms. The van der Waals surface area contributed by atoms with Crippen molar-refractivity contribution in [2.75, 3.05) is 5.32 Å². The molecule has 0 fully saturated rings. The molecule has 0 saturated heterocycles. The van der Waals surface area contributed by atoms with Gasteiger partial charge in [-0.2, -0.15) is 0 Å². The number of carbonyl (C=O) groups excluding carboxylic acids is 1. The quantitative estimate of drug-likeness (QED) is 0.677. The fourth-order valence-electron chi connectivity index (χ4n) is 1.68. The summed E-state index contributed by atoms with van der Waals surface area (Å²) in [5.41, 5.74) is 0.170. The number of nitrogens with zero attached hydrogens (tertiary/aromatic N) is 2. The third-order valence-electron chi connectivity index (χ3n) is 2.69. The van der Waals surface area contributed by atoms with E-state index in [1.807, 2.05) is 0 Å². The summed E-state index contributed by atoms with van der Waals surface area (Å²) < 4.78 is 24.7. The third kappa shape index (κ3) is 3.26. The molecule has 0 spiro atoms. The van der Waals surface area contributed by atoms with Gasteiger partial charge in [-0.05, 0) is 30.3 Å². The zero-order valence-corrected chi connectivity index (χ0v) is 12.2. The number of pyridine rings is 1. The molecule has 0 radical (unpaired) electrons. The standard InChI is InChI=1S/C13H11N3O5S/c1-9(17)15-10-2-5-12(6-3-10)22(20,21)13-7-4-11(8-14-13)16(18)19/h2-8H,1H3,(H,15,17). The van der Waals surface area contributed by atoms with Crippen molar-refractivity contribution in [2.45, 2.75) is 16.8 Å². The van der Waals surface area contributed by atoms with E-state index in [9.17, 15) is 23.3 Å². The number of anilines is 1. The summed E-state index contributed by atoms with van der Waals surface area (Å²) in [6.45, 7) is 1.34. The van der Waals surface area contributed by atoms with Crippen LogP contribution < -0.4 is 5.32 Å². The summed E-state index contributed by atoms with van der Waals surface area (Å²) in [7, 11) is -3.87. The van der Waals surface area contributed by atoms with Gasteiger partial charge in [0.1, 0.15) is 6.20 Å². The molecule has 0 aliphatic rings. The Morgan fingerprint density at radius 2 is 1.82 bits per heavy atom. The van der Waals surface area contributed by atoms with E-state index in [2.05, 4.69) is 10.3 Å². The molecule has 1 aromatic carbocycles. The highest BCUT2D eigenvalue weighted by molar-refractivity contribution is 7.91. The minimum atomic E-state index is -3.87. The maximum Gasteiger partial charge on any atom is 0.287 e. The molecule has 0 aliphatic carbocycles. The van der Waals surface area contributed by atoms with E-state index in [1.165, 1.54) is 31.2 Å². The van der Waals surface area contributed by atoms with E-state index in [1.54, 1.807) is 0 Å². The Labute approximate surface area is 125 Å². The van der Waals surface area contributed by atoms with Gasteiger partial charge in [-0.25, -0.2) is 13.4 Å². The topological polar surface area (TPSA) is 119 Å². The molecule has 2 rings (SSSR count). The second-order valence-corrected chi connectivity index (χ2v) is 6.22. The second-order valence-electron chi connectivity index (χ2n) is 4.32. The van der Waals surface area contributed by atoms with Crippen LogP contribution in [-0.2, 0) is 14.6 Å². The minimum Gasteiger partial charge on any atom is -0.326 e. The number of nitro groups is 1. The van der Waals surface area contributed by atoms with Gasteiger partial charge in [0.15, 0.2) is 5.03 Å². The lowest BCUT2D eigenvalue weighted by Crippen LogP contribution is -2.07. The smallest absolute Gasteiger partial charge is 0.287 e. The number of hydrogen-bond acceptors (Lipinski definition) is 6. The first kappa shape index (κ1) is 15.6. The zero-order valence-electron chi connectivity index (χ0n) is 11.4.